The third-order valence-electron chi connectivity index (χ3n) is 2.55. The van der Waals surface area contributed by atoms with E-state index in [1.54, 1.807) is 19.1 Å². The minimum absolute atomic E-state index is 0.279. The molecule has 0 unspecified atom stereocenters. The van der Waals surface area contributed by atoms with Crippen molar-refractivity contribution in [1.29, 1.82) is 0 Å². The van der Waals surface area contributed by atoms with Gasteiger partial charge in [-0.1, -0.05) is 0 Å². The van der Waals surface area contributed by atoms with Gasteiger partial charge < -0.3 is 14.9 Å². The van der Waals surface area contributed by atoms with Crippen molar-refractivity contribution >= 4 is 17.7 Å². The number of carbonyl (C=O) groups excluding carboxylic acids is 1. The molecule has 0 spiro atoms. The van der Waals surface area contributed by atoms with E-state index in [1.165, 1.54) is 30.4 Å². The van der Waals surface area contributed by atoms with E-state index in [0.717, 1.165) is 0 Å². The van der Waals surface area contributed by atoms with Crippen molar-refractivity contribution in [2.45, 2.75) is 6.92 Å². The molecule has 0 saturated carbocycles. The average Bonchev–Trinajstić information content (AvgIpc) is 2.88. The molecule has 0 aliphatic rings. The summed E-state index contributed by atoms with van der Waals surface area (Å²) in [6.45, 7) is 2.03. The van der Waals surface area contributed by atoms with Gasteiger partial charge in [0.15, 0.2) is 0 Å². The van der Waals surface area contributed by atoms with Crippen molar-refractivity contribution in [2.75, 3.05) is 12.3 Å². The Hall–Kier alpha value is -2.56. The van der Waals surface area contributed by atoms with Gasteiger partial charge in [-0.2, -0.15) is 0 Å². The topological polar surface area (TPSA) is 65.5 Å². The number of nitrogen functional groups attached to an aromatic ring is 1. The summed E-state index contributed by atoms with van der Waals surface area (Å²) >= 11 is 0. The molecule has 0 radical (unpaired) electrons. The summed E-state index contributed by atoms with van der Waals surface area (Å²) in [6, 6.07) is 7.49. The first-order valence-electron chi connectivity index (χ1n) is 6.10. The molecule has 104 valence electrons. The zero-order chi connectivity index (χ0) is 14.5. The lowest BCUT2D eigenvalue weighted by Gasteiger charge is -2.00. The predicted molar refractivity (Wildman–Crippen MR) is 74.2 cm³/mol. The van der Waals surface area contributed by atoms with Crippen LogP contribution in [0.5, 0.6) is 0 Å². The van der Waals surface area contributed by atoms with Gasteiger partial charge in [0, 0.05) is 11.8 Å². The largest absolute Gasteiger partial charge is 0.463 e. The smallest absolute Gasteiger partial charge is 0.330 e. The van der Waals surface area contributed by atoms with Gasteiger partial charge in [0.25, 0.3) is 0 Å². The number of furan rings is 1. The molecule has 2 aromatic rings. The molecular formula is C15H14FNO3. The Bertz CT molecular complexity index is 646. The Labute approximate surface area is 115 Å². The number of halogens is 1. The normalized spacial score (nSPS) is 10.9. The third kappa shape index (κ3) is 3.26. The predicted octanol–water partition coefficient (Wildman–Crippen LogP) is 3.24. The van der Waals surface area contributed by atoms with E-state index < -0.39 is 11.8 Å². The molecule has 0 aliphatic heterocycles. The van der Waals surface area contributed by atoms with Crippen LogP contribution in [0.2, 0.25) is 0 Å². The number of carbonyl (C=O) groups is 1. The average molecular weight is 275 g/mol. The van der Waals surface area contributed by atoms with Crippen LogP contribution in [-0.2, 0) is 9.53 Å². The molecule has 2 N–H and O–H groups in total. The molecular weight excluding hydrogens is 261 g/mol. The first-order valence-corrected chi connectivity index (χ1v) is 6.10. The summed E-state index contributed by atoms with van der Waals surface area (Å²) in [4.78, 5) is 11.2. The molecule has 1 heterocycles. The van der Waals surface area contributed by atoms with Crippen molar-refractivity contribution in [1.82, 2.24) is 0 Å². The highest BCUT2D eigenvalue weighted by atomic mass is 19.1. The fraction of sp³-hybridized carbons (Fsp3) is 0.133. The van der Waals surface area contributed by atoms with Crippen LogP contribution in [0.4, 0.5) is 10.1 Å². The number of ether oxygens (including phenoxy) is 1. The minimum atomic E-state index is -0.458. The minimum Gasteiger partial charge on any atom is -0.463 e. The summed E-state index contributed by atoms with van der Waals surface area (Å²) in [5.41, 5.74) is 6.34. The first-order chi connectivity index (χ1) is 9.60. The second kappa shape index (κ2) is 6.06. The molecule has 1 aromatic carbocycles. The van der Waals surface area contributed by atoms with Crippen molar-refractivity contribution in [3.05, 3.63) is 48.0 Å². The van der Waals surface area contributed by atoms with Gasteiger partial charge in [-0.3, -0.25) is 0 Å². The number of nitrogens with two attached hydrogens (primary N) is 1. The molecule has 0 bridgehead atoms. The highest BCUT2D eigenvalue weighted by molar-refractivity contribution is 5.86. The Kier molecular flexibility index (Phi) is 4.20. The fourth-order valence-corrected chi connectivity index (χ4v) is 1.66. The zero-order valence-corrected chi connectivity index (χ0v) is 10.9. The highest BCUT2D eigenvalue weighted by Crippen LogP contribution is 2.27. The van der Waals surface area contributed by atoms with Gasteiger partial charge in [0.1, 0.15) is 17.3 Å². The fourth-order valence-electron chi connectivity index (χ4n) is 1.66. The van der Waals surface area contributed by atoms with Crippen LogP contribution in [0.15, 0.2) is 40.8 Å². The summed E-state index contributed by atoms with van der Waals surface area (Å²) in [5.74, 6) is -0.108. The van der Waals surface area contributed by atoms with Crippen LogP contribution in [0.3, 0.4) is 0 Å². The maximum absolute atomic E-state index is 13.7. The second-order valence-corrected chi connectivity index (χ2v) is 4.03. The van der Waals surface area contributed by atoms with Crippen LogP contribution in [0.25, 0.3) is 17.4 Å². The number of hydrogen-bond donors (Lipinski definition) is 1. The van der Waals surface area contributed by atoms with E-state index in [-0.39, 0.29) is 5.56 Å². The van der Waals surface area contributed by atoms with Gasteiger partial charge in [0.2, 0.25) is 0 Å². The molecule has 0 amide bonds. The van der Waals surface area contributed by atoms with Crippen molar-refractivity contribution in [3.8, 4) is 11.3 Å². The van der Waals surface area contributed by atoms with E-state index in [9.17, 15) is 9.18 Å². The molecule has 2 rings (SSSR count). The van der Waals surface area contributed by atoms with E-state index in [2.05, 4.69) is 0 Å². The Morgan fingerprint density at radius 1 is 1.40 bits per heavy atom. The second-order valence-electron chi connectivity index (χ2n) is 4.03. The Morgan fingerprint density at radius 3 is 2.95 bits per heavy atom. The van der Waals surface area contributed by atoms with Gasteiger partial charge in [-0.25, -0.2) is 9.18 Å². The lowest BCUT2D eigenvalue weighted by atomic mass is 10.1. The molecule has 4 nitrogen and oxygen atoms in total. The summed E-state index contributed by atoms with van der Waals surface area (Å²) in [7, 11) is 0. The quantitative estimate of drug-likeness (QED) is 0.528. The van der Waals surface area contributed by atoms with E-state index in [1.807, 2.05) is 0 Å². The lowest BCUT2D eigenvalue weighted by Crippen LogP contribution is -1.98. The highest BCUT2D eigenvalue weighted by Gasteiger charge is 2.09. The molecule has 1 aromatic heterocycles. The maximum atomic E-state index is 13.7. The van der Waals surface area contributed by atoms with Crippen LogP contribution < -0.4 is 5.73 Å². The van der Waals surface area contributed by atoms with Crippen LogP contribution >= 0.6 is 0 Å². The number of rotatable bonds is 4. The summed E-state index contributed by atoms with van der Waals surface area (Å²) in [6.07, 6.45) is 2.72. The molecule has 0 aliphatic carbocycles. The van der Waals surface area contributed by atoms with Crippen molar-refractivity contribution in [3.63, 3.8) is 0 Å². The molecule has 0 atom stereocenters. The van der Waals surface area contributed by atoms with Crippen LogP contribution in [-0.4, -0.2) is 12.6 Å². The lowest BCUT2D eigenvalue weighted by molar-refractivity contribution is -0.137. The SMILES string of the molecule is CCOC(=O)/C=C/c1ccc(-c2cc(N)ccc2F)o1. The Balaban J connectivity index is 2.21. The molecule has 20 heavy (non-hydrogen) atoms. The van der Waals surface area contributed by atoms with Crippen LogP contribution in [0.1, 0.15) is 12.7 Å². The molecule has 0 saturated heterocycles. The van der Waals surface area contributed by atoms with Crippen LogP contribution in [0, 0.1) is 5.82 Å². The standard InChI is InChI=1S/C15H14FNO3/c1-2-19-15(18)8-5-11-4-7-14(20-11)12-9-10(17)3-6-13(12)16/h3-9H,2,17H2,1H3/b8-5+. The third-order valence-corrected chi connectivity index (χ3v) is 2.55. The van der Waals surface area contributed by atoms with Crippen molar-refractivity contribution < 1.29 is 18.3 Å². The van der Waals surface area contributed by atoms with Gasteiger partial charge in [0.05, 0.1) is 12.2 Å². The zero-order valence-electron chi connectivity index (χ0n) is 10.9. The van der Waals surface area contributed by atoms with E-state index in [4.69, 9.17) is 14.9 Å². The number of anilines is 1. The number of hydrogen-bond acceptors (Lipinski definition) is 4. The maximum Gasteiger partial charge on any atom is 0.330 e. The van der Waals surface area contributed by atoms with Gasteiger partial charge in [-0.15, -0.1) is 0 Å². The number of esters is 1. The molecule has 0 fully saturated rings. The monoisotopic (exact) mass is 275 g/mol. The Morgan fingerprint density at radius 2 is 2.20 bits per heavy atom. The number of benzene rings is 1. The van der Waals surface area contributed by atoms with E-state index >= 15 is 0 Å². The molecule has 5 heteroatoms. The van der Waals surface area contributed by atoms with Gasteiger partial charge >= 0.3 is 5.97 Å². The summed E-state index contributed by atoms with van der Waals surface area (Å²) < 4.78 is 23.9. The van der Waals surface area contributed by atoms with Gasteiger partial charge in [-0.05, 0) is 43.3 Å². The van der Waals surface area contributed by atoms with Crippen molar-refractivity contribution in [2.24, 2.45) is 0 Å². The summed E-state index contributed by atoms with van der Waals surface area (Å²) in [5, 5.41) is 0. The van der Waals surface area contributed by atoms with E-state index in [0.29, 0.717) is 23.8 Å². The first kappa shape index (κ1) is 13.9.